The van der Waals surface area contributed by atoms with Crippen molar-refractivity contribution in [3.05, 3.63) is 89.2 Å². The van der Waals surface area contributed by atoms with Gasteiger partial charge in [-0.15, -0.1) is 10.2 Å². The molecule has 4 aromatic rings. The molecule has 1 aliphatic rings. The fourth-order valence-corrected chi connectivity index (χ4v) is 4.87. The number of thioether (sulfide) groups is 1. The van der Waals surface area contributed by atoms with Crippen LogP contribution in [-0.2, 0) is 10.5 Å². The molecule has 1 saturated heterocycles. The van der Waals surface area contributed by atoms with Crippen molar-refractivity contribution in [2.75, 3.05) is 26.3 Å². The van der Waals surface area contributed by atoms with E-state index in [4.69, 9.17) is 16.3 Å². The van der Waals surface area contributed by atoms with Crippen LogP contribution in [0.4, 0.5) is 0 Å². The number of halogens is 1. The third-order valence-electron chi connectivity index (χ3n) is 5.48. The van der Waals surface area contributed by atoms with Crippen LogP contribution in [0.1, 0.15) is 15.9 Å². The molecule has 1 amide bonds. The van der Waals surface area contributed by atoms with Crippen LogP contribution in [0, 0.1) is 0 Å². The van der Waals surface area contributed by atoms with Gasteiger partial charge in [0.25, 0.3) is 5.91 Å². The van der Waals surface area contributed by atoms with E-state index in [1.807, 2.05) is 70.1 Å². The Morgan fingerprint density at radius 2 is 1.79 bits per heavy atom. The number of rotatable bonds is 6. The Hall–Kier alpha value is -3.20. The van der Waals surface area contributed by atoms with Gasteiger partial charge in [0, 0.05) is 47.4 Å². The number of carbonyl (C=O) groups excluding carboxylic acids is 1. The molecule has 0 bridgehead atoms. The minimum Gasteiger partial charge on any atom is -0.378 e. The summed E-state index contributed by atoms with van der Waals surface area (Å²) in [6, 6.07) is 19.2. The van der Waals surface area contributed by atoms with E-state index >= 15 is 0 Å². The molecule has 34 heavy (non-hydrogen) atoms. The van der Waals surface area contributed by atoms with Gasteiger partial charge in [0.05, 0.1) is 18.9 Å². The van der Waals surface area contributed by atoms with Gasteiger partial charge in [-0.3, -0.25) is 14.3 Å². The summed E-state index contributed by atoms with van der Waals surface area (Å²) in [5.74, 6) is 1.39. The molecule has 172 valence electrons. The fraction of sp³-hybridized carbons (Fsp3) is 0.200. The summed E-state index contributed by atoms with van der Waals surface area (Å²) >= 11 is 7.84. The number of ether oxygens (including phenoxy) is 1. The van der Waals surface area contributed by atoms with E-state index in [2.05, 4.69) is 15.2 Å². The van der Waals surface area contributed by atoms with E-state index in [0.717, 1.165) is 22.0 Å². The predicted octanol–water partition coefficient (Wildman–Crippen LogP) is 4.75. The SMILES string of the molecule is O=C(c1cccc(CSc2nnc(-c3ccncc3)n2-c2cccc(Cl)c2)c1)N1CCOCC1. The maximum atomic E-state index is 12.9. The molecule has 0 N–H and O–H groups in total. The zero-order chi connectivity index (χ0) is 23.3. The molecule has 5 rings (SSSR count). The maximum Gasteiger partial charge on any atom is 0.254 e. The Bertz CT molecular complexity index is 1290. The fourth-order valence-electron chi connectivity index (χ4n) is 3.79. The molecule has 2 aromatic carbocycles. The quantitative estimate of drug-likeness (QED) is 0.362. The summed E-state index contributed by atoms with van der Waals surface area (Å²) in [7, 11) is 0. The molecule has 9 heteroatoms. The highest BCUT2D eigenvalue weighted by Crippen LogP contribution is 2.30. The van der Waals surface area contributed by atoms with E-state index in [9.17, 15) is 4.79 Å². The molecule has 1 aliphatic heterocycles. The standard InChI is InChI=1S/C25H22ClN5O2S/c26-21-5-2-6-22(16-21)31-23(19-7-9-27-10-8-19)28-29-25(31)34-17-18-3-1-4-20(15-18)24(32)30-11-13-33-14-12-30/h1-10,15-16H,11-14,17H2. The number of carbonyl (C=O) groups is 1. The second kappa shape index (κ2) is 10.4. The molecule has 0 unspecified atom stereocenters. The number of amides is 1. The van der Waals surface area contributed by atoms with Crippen LogP contribution >= 0.6 is 23.4 Å². The molecule has 0 spiro atoms. The van der Waals surface area contributed by atoms with Crippen molar-refractivity contribution in [3.63, 3.8) is 0 Å². The van der Waals surface area contributed by atoms with Crippen molar-refractivity contribution < 1.29 is 9.53 Å². The zero-order valence-corrected chi connectivity index (χ0v) is 19.9. The second-order valence-electron chi connectivity index (χ2n) is 7.75. The van der Waals surface area contributed by atoms with Crippen LogP contribution in [0.25, 0.3) is 17.1 Å². The summed E-state index contributed by atoms with van der Waals surface area (Å²) in [4.78, 5) is 18.8. The number of morpholine rings is 1. The first-order chi connectivity index (χ1) is 16.7. The van der Waals surface area contributed by atoms with Gasteiger partial charge in [-0.05, 0) is 48.0 Å². The van der Waals surface area contributed by atoms with Crippen LogP contribution in [0.3, 0.4) is 0 Å². The van der Waals surface area contributed by atoms with E-state index in [1.165, 1.54) is 0 Å². The third-order valence-corrected chi connectivity index (χ3v) is 6.71. The van der Waals surface area contributed by atoms with Crippen LogP contribution in [0.5, 0.6) is 0 Å². The molecule has 3 heterocycles. The molecule has 0 atom stereocenters. The Morgan fingerprint density at radius 1 is 1.00 bits per heavy atom. The Balaban J connectivity index is 1.41. The first-order valence-electron chi connectivity index (χ1n) is 10.9. The normalized spacial score (nSPS) is 13.7. The number of pyridine rings is 1. The molecule has 0 radical (unpaired) electrons. The molecule has 7 nitrogen and oxygen atoms in total. The van der Waals surface area contributed by atoms with Crippen molar-refractivity contribution in [1.82, 2.24) is 24.6 Å². The van der Waals surface area contributed by atoms with E-state index in [0.29, 0.717) is 48.5 Å². The molecule has 0 saturated carbocycles. The van der Waals surface area contributed by atoms with Crippen LogP contribution < -0.4 is 0 Å². The lowest BCUT2D eigenvalue weighted by Gasteiger charge is -2.27. The van der Waals surface area contributed by atoms with E-state index in [-0.39, 0.29) is 5.91 Å². The first-order valence-corrected chi connectivity index (χ1v) is 12.3. The van der Waals surface area contributed by atoms with Gasteiger partial charge in [0.2, 0.25) is 0 Å². The Morgan fingerprint density at radius 3 is 2.59 bits per heavy atom. The number of aromatic nitrogens is 4. The zero-order valence-electron chi connectivity index (χ0n) is 18.3. The summed E-state index contributed by atoms with van der Waals surface area (Å²) in [5.41, 5.74) is 3.51. The van der Waals surface area contributed by atoms with Gasteiger partial charge in [0.15, 0.2) is 11.0 Å². The summed E-state index contributed by atoms with van der Waals surface area (Å²) in [5, 5.41) is 10.3. The molecule has 1 fully saturated rings. The summed E-state index contributed by atoms with van der Waals surface area (Å²) < 4.78 is 7.36. The lowest BCUT2D eigenvalue weighted by Crippen LogP contribution is -2.40. The average Bonchev–Trinajstić information content (AvgIpc) is 3.32. The topological polar surface area (TPSA) is 73.1 Å². The molecular formula is C25H22ClN5O2S. The first kappa shape index (κ1) is 22.6. The van der Waals surface area contributed by atoms with Gasteiger partial charge >= 0.3 is 0 Å². The van der Waals surface area contributed by atoms with Gasteiger partial charge in [-0.25, -0.2) is 0 Å². The van der Waals surface area contributed by atoms with Crippen molar-refractivity contribution in [1.29, 1.82) is 0 Å². The highest BCUT2D eigenvalue weighted by atomic mass is 35.5. The monoisotopic (exact) mass is 491 g/mol. The van der Waals surface area contributed by atoms with Crippen LogP contribution in [-0.4, -0.2) is 56.9 Å². The molecular weight excluding hydrogens is 470 g/mol. The molecule has 0 aliphatic carbocycles. The highest BCUT2D eigenvalue weighted by Gasteiger charge is 2.20. The minimum atomic E-state index is 0.0391. The van der Waals surface area contributed by atoms with Crippen molar-refractivity contribution >= 4 is 29.3 Å². The Kier molecular flexibility index (Phi) is 6.89. The number of benzene rings is 2. The minimum absolute atomic E-state index is 0.0391. The van der Waals surface area contributed by atoms with Crippen LogP contribution in [0.15, 0.2) is 78.2 Å². The summed E-state index contributed by atoms with van der Waals surface area (Å²) in [6.45, 7) is 2.41. The smallest absolute Gasteiger partial charge is 0.254 e. The number of hydrogen-bond donors (Lipinski definition) is 0. The second-order valence-corrected chi connectivity index (χ2v) is 9.13. The average molecular weight is 492 g/mol. The van der Waals surface area contributed by atoms with Gasteiger partial charge < -0.3 is 9.64 Å². The number of nitrogens with zero attached hydrogens (tertiary/aromatic N) is 5. The number of hydrogen-bond acceptors (Lipinski definition) is 6. The maximum absolute atomic E-state index is 12.9. The van der Waals surface area contributed by atoms with Gasteiger partial charge in [-0.2, -0.15) is 0 Å². The summed E-state index contributed by atoms with van der Waals surface area (Å²) in [6.07, 6.45) is 3.46. The largest absolute Gasteiger partial charge is 0.378 e. The third kappa shape index (κ3) is 4.99. The van der Waals surface area contributed by atoms with Gasteiger partial charge in [0.1, 0.15) is 0 Å². The predicted molar refractivity (Wildman–Crippen MR) is 132 cm³/mol. The van der Waals surface area contributed by atoms with E-state index in [1.54, 1.807) is 24.2 Å². The Labute approximate surface area is 206 Å². The van der Waals surface area contributed by atoms with Gasteiger partial charge in [-0.1, -0.05) is 41.6 Å². The van der Waals surface area contributed by atoms with E-state index < -0.39 is 0 Å². The lowest BCUT2D eigenvalue weighted by atomic mass is 10.1. The lowest BCUT2D eigenvalue weighted by molar-refractivity contribution is 0.0303. The van der Waals surface area contributed by atoms with Crippen molar-refractivity contribution in [3.8, 4) is 17.1 Å². The van der Waals surface area contributed by atoms with Crippen molar-refractivity contribution in [2.45, 2.75) is 10.9 Å². The van der Waals surface area contributed by atoms with Crippen molar-refractivity contribution in [2.24, 2.45) is 0 Å². The molecule has 2 aromatic heterocycles. The highest BCUT2D eigenvalue weighted by molar-refractivity contribution is 7.98. The van der Waals surface area contributed by atoms with Crippen LogP contribution in [0.2, 0.25) is 5.02 Å².